The SMILES string of the molecule is CNC(c1ccc2c(c1)OCCO2)C1CCCCC1. The highest BCUT2D eigenvalue weighted by atomic mass is 16.6. The van der Waals surface area contributed by atoms with Crippen molar-refractivity contribution in [2.45, 2.75) is 38.1 Å². The standard InChI is InChI=1S/C16H23NO2/c1-17-16(12-5-3-2-4-6-12)13-7-8-14-15(11-13)19-10-9-18-14/h7-8,11-12,16-17H,2-6,9-10H2,1H3. The summed E-state index contributed by atoms with van der Waals surface area (Å²) in [4.78, 5) is 0. The first-order chi connectivity index (χ1) is 9.38. The molecule has 1 unspecified atom stereocenters. The largest absolute Gasteiger partial charge is 0.486 e. The van der Waals surface area contributed by atoms with Crippen LogP contribution < -0.4 is 14.8 Å². The first-order valence-corrected chi connectivity index (χ1v) is 7.45. The highest BCUT2D eigenvalue weighted by molar-refractivity contribution is 5.44. The Kier molecular flexibility index (Phi) is 3.92. The van der Waals surface area contributed by atoms with Crippen molar-refractivity contribution in [3.05, 3.63) is 23.8 Å². The second-order valence-corrected chi connectivity index (χ2v) is 5.57. The fraction of sp³-hybridized carbons (Fsp3) is 0.625. The van der Waals surface area contributed by atoms with Crippen LogP contribution in [0.2, 0.25) is 0 Å². The van der Waals surface area contributed by atoms with Gasteiger partial charge in [0.05, 0.1) is 0 Å². The van der Waals surface area contributed by atoms with Crippen molar-refractivity contribution in [3.8, 4) is 11.5 Å². The third-order valence-corrected chi connectivity index (χ3v) is 4.36. The molecular weight excluding hydrogens is 238 g/mol. The molecule has 1 aliphatic heterocycles. The molecule has 1 heterocycles. The second kappa shape index (κ2) is 5.83. The monoisotopic (exact) mass is 261 g/mol. The van der Waals surface area contributed by atoms with Gasteiger partial charge < -0.3 is 14.8 Å². The summed E-state index contributed by atoms with van der Waals surface area (Å²) in [7, 11) is 2.07. The van der Waals surface area contributed by atoms with Gasteiger partial charge in [0.25, 0.3) is 0 Å². The average molecular weight is 261 g/mol. The number of nitrogens with one attached hydrogen (secondary N) is 1. The lowest BCUT2D eigenvalue weighted by molar-refractivity contribution is 0.171. The molecule has 0 spiro atoms. The molecule has 19 heavy (non-hydrogen) atoms. The van der Waals surface area contributed by atoms with E-state index < -0.39 is 0 Å². The lowest BCUT2D eigenvalue weighted by atomic mass is 9.81. The summed E-state index contributed by atoms with van der Waals surface area (Å²) in [5, 5.41) is 3.50. The molecule has 0 amide bonds. The van der Waals surface area contributed by atoms with Crippen molar-refractivity contribution in [2.75, 3.05) is 20.3 Å². The summed E-state index contributed by atoms with van der Waals surface area (Å²) >= 11 is 0. The molecule has 0 radical (unpaired) electrons. The molecule has 1 aromatic carbocycles. The number of hydrogen-bond donors (Lipinski definition) is 1. The number of benzene rings is 1. The molecule has 1 atom stereocenters. The number of hydrogen-bond acceptors (Lipinski definition) is 3. The molecule has 2 aliphatic rings. The van der Waals surface area contributed by atoms with Gasteiger partial charge in [0, 0.05) is 6.04 Å². The molecule has 0 aromatic heterocycles. The van der Waals surface area contributed by atoms with Gasteiger partial charge in [0.15, 0.2) is 11.5 Å². The van der Waals surface area contributed by atoms with Crippen molar-refractivity contribution in [2.24, 2.45) is 5.92 Å². The summed E-state index contributed by atoms with van der Waals surface area (Å²) in [6.45, 7) is 1.31. The van der Waals surface area contributed by atoms with Gasteiger partial charge in [-0.25, -0.2) is 0 Å². The Balaban J connectivity index is 1.82. The van der Waals surface area contributed by atoms with E-state index in [-0.39, 0.29) is 0 Å². The van der Waals surface area contributed by atoms with Crippen LogP contribution in [0.15, 0.2) is 18.2 Å². The van der Waals surface area contributed by atoms with Gasteiger partial charge >= 0.3 is 0 Å². The molecule has 0 bridgehead atoms. The maximum absolute atomic E-state index is 5.69. The highest BCUT2D eigenvalue weighted by Crippen LogP contribution is 2.38. The van der Waals surface area contributed by atoms with Gasteiger partial charge in [-0.2, -0.15) is 0 Å². The van der Waals surface area contributed by atoms with Crippen LogP contribution in [0.3, 0.4) is 0 Å². The van der Waals surface area contributed by atoms with E-state index in [1.165, 1.54) is 37.7 Å². The molecule has 3 heteroatoms. The Morgan fingerprint density at radius 2 is 1.79 bits per heavy atom. The van der Waals surface area contributed by atoms with Crippen LogP contribution in [-0.4, -0.2) is 20.3 Å². The summed E-state index contributed by atoms with van der Waals surface area (Å²) in [5.41, 5.74) is 1.33. The third-order valence-electron chi connectivity index (χ3n) is 4.36. The van der Waals surface area contributed by atoms with Crippen LogP contribution in [-0.2, 0) is 0 Å². The van der Waals surface area contributed by atoms with Crippen LogP contribution in [0, 0.1) is 5.92 Å². The van der Waals surface area contributed by atoms with E-state index >= 15 is 0 Å². The Morgan fingerprint density at radius 1 is 1.05 bits per heavy atom. The van der Waals surface area contributed by atoms with E-state index in [0.29, 0.717) is 19.3 Å². The van der Waals surface area contributed by atoms with Gasteiger partial charge in [-0.1, -0.05) is 25.3 Å². The summed E-state index contributed by atoms with van der Waals surface area (Å²) < 4.78 is 11.3. The van der Waals surface area contributed by atoms with Crippen LogP contribution in [0.4, 0.5) is 0 Å². The Labute approximate surface area is 115 Å². The normalized spacial score (nSPS) is 21.1. The zero-order chi connectivity index (χ0) is 13.1. The average Bonchev–Trinajstić information content (AvgIpc) is 2.49. The predicted molar refractivity (Wildman–Crippen MR) is 75.8 cm³/mol. The molecule has 1 N–H and O–H groups in total. The minimum Gasteiger partial charge on any atom is -0.486 e. The van der Waals surface area contributed by atoms with Crippen LogP contribution in [0.1, 0.15) is 43.7 Å². The number of rotatable bonds is 3. The van der Waals surface area contributed by atoms with Gasteiger partial charge in [-0.3, -0.25) is 0 Å². The Hall–Kier alpha value is -1.22. The molecule has 3 rings (SSSR count). The van der Waals surface area contributed by atoms with E-state index in [1.807, 2.05) is 0 Å². The lowest BCUT2D eigenvalue weighted by Gasteiger charge is -2.31. The fourth-order valence-electron chi connectivity index (χ4n) is 3.40. The molecule has 104 valence electrons. The van der Waals surface area contributed by atoms with E-state index in [9.17, 15) is 0 Å². The molecular formula is C16H23NO2. The Bertz CT molecular complexity index is 427. The van der Waals surface area contributed by atoms with E-state index in [4.69, 9.17) is 9.47 Å². The molecule has 1 fully saturated rings. The minimum absolute atomic E-state index is 0.441. The third kappa shape index (κ3) is 2.71. The van der Waals surface area contributed by atoms with Crippen LogP contribution in [0.5, 0.6) is 11.5 Å². The molecule has 1 aromatic rings. The summed E-state index contributed by atoms with van der Waals surface area (Å²) in [6, 6.07) is 6.83. The quantitative estimate of drug-likeness (QED) is 0.905. The highest BCUT2D eigenvalue weighted by Gasteiger charge is 2.25. The predicted octanol–water partition coefficient (Wildman–Crippen LogP) is 3.30. The van der Waals surface area contributed by atoms with Crippen molar-refractivity contribution in [3.63, 3.8) is 0 Å². The molecule has 0 saturated heterocycles. The molecule has 1 aliphatic carbocycles. The zero-order valence-electron chi connectivity index (χ0n) is 11.7. The van der Waals surface area contributed by atoms with Crippen molar-refractivity contribution >= 4 is 0 Å². The van der Waals surface area contributed by atoms with Crippen molar-refractivity contribution in [1.29, 1.82) is 0 Å². The molecule has 3 nitrogen and oxygen atoms in total. The van der Waals surface area contributed by atoms with E-state index in [0.717, 1.165) is 17.4 Å². The van der Waals surface area contributed by atoms with Crippen molar-refractivity contribution < 1.29 is 9.47 Å². The minimum atomic E-state index is 0.441. The van der Waals surface area contributed by atoms with Gasteiger partial charge in [-0.05, 0) is 43.5 Å². The smallest absolute Gasteiger partial charge is 0.161 e. The van der Waals surface area contributed by atoms with Gasteiger partial charge in [-0.15, -0.1) is 0 Å². The summed E-state index contributed by atoms with van der Waals surface area (Å²) in [6.07, 6.45) is 6.80. The maximum Gasteiger partial charge on any atom is 0.161 e. The van der Waals surface area contributed by atoms with Crippen molar-refractivity contribution in [1.82, 2.24) is 5.32 Å². The maximum atomic E-state index is 5.69. The Morgan fingerprint density at radius 3 is 2.53 bits per heavy atom. The first kappa shape index (κ1) is 12.8. The molecule has 1 saturated carbocycles. The van der Waals surface area contributed by atoms with Crippen LogP contribution >= 0.6 is 0 Å². The zero-order valence-corrected chi connectivity index (χ0v) is 11.7. The van der Waals surface area contributed by atoms with E-state index in [2.05, 4.69) is 30.6 Å². The van der Waals surface area contributed by atoms with Crippen LogP contribution in [0.25, 0.3) is 0 Å². The topological polar surface area (TPSA) is 30.5 Å². The summed E-state index contributed by atoms with van der Waals surface area (Å²) in [5.74, 6) is 2.54. The number of ether oxygens (including phenoxy) is 2. The van der Waals surface area contributed by atoms with Gasteiger partial charge in [0.2, 0.25) is 0 Å². The second-order valence-electron chi connectivity index (χ2n) is 5.57. The first-order valence-electron chi connectivity index (χ1n) is 7.45. The lowest BCUT2D eigenvalue weighted by Crippen LogP contribution is -2.27. The fourth-order valence-corrected chi connectivity index (χ4v) is 3.40. The number of fused-ring (bicyclic) bond motifs is 1. The van der Waals surface area contributed by atoms with E-state index in [1.54, 1.807) is 0 Å². The van der Waals surface area contributed by atoms with Gasteiger partial charge in [0.1, 0.15) is 13.2 Å².